The lowest BCUT2D eigenvalue weighted by molar-refractivity contribution is -0.385. The highest BCUT2D eigenvalue weighted by Gasteiger charge is 2.39. The smallest absolute Gasteiger partial charge is 0.272 e. The van der Waals surface area contributed by atoms with Crippen molar-refractivity contribution in [2.75, 3.05) is 0 Å². The van der Waals surface area contributed by atoms with Gasteiger partial charge < -0.3 is 5.32 Å². The van der Waals surface area contributed by atoms with Gasteiger partial charge in [-0.25, -0.2) is 0 Å². The molecule has 2 saturated carbocycles. The molecule has 2 aliphatic rings. The fourth-order valence-corrected chi connectivity index (χ4v) is 3.96. The van der Waals surface area contributed by atoms with E-state index in [0.29, 0.717) is 6.04 Å². The number of benzene rings is 1. The zero-order valence-corrected chi connectivity index (χ0v) is 12.1. The molecule has 108 valence electrons. The van der Waals surface area contributed by atoms with Crippen molar-refractivity contribution >= 4 is 5.69 Å². The number of nitrogens with one attached hydrogen (secondary N) is 1. The molecule has 1 aromatic rings. The summed E-state index contributed by atoms with van der Waals surface area (Å²) in [6.07, 6.45) is 5.40. The Labute approximate surface area is 119 Å². The van der Waals surface area contributed by atoms with Crippen LogP contribution < -0.4 is 5.32 Å². The van der Waals surface area contributed by atoms with Gasteiger partial charge in [0.2, 0.25) is 0 Å². The van der Waals surface area contributed by atoms with E-state index in [1.54, 1.807) is 13.0 Å². The van der Waals surface area contributed by atoms with Crippen molar-refractivity contribution in [3.05, 3.63) is 39.4 Å². The summed E-state index contributed by atoms with van der Waals surface area (Å²) in [6.45, 7) is 3.90. The van der Waals surface area contributed by atoms with E-state index in [0.717, 1.165) is 23.0 Å². The second-order valence-corrected chi connectivity index (χ2v) is 6.47. The Hall–Kier alpha value is -1.42. The number of nitrogens with zero attached hydrogens (tertiary/aromatic N) is 1. The third-order valence-corrected chi connectivity index (χ3v) is 5.13. The minimum absolute atomic E-state index is 0.179. The molecule has 1 N–H and O–H groups in total. The van der Waals surface area contributed by atoms with Gasteiger partial charge in [-0.2, -0.15) is 0 Å². The largest absolute Gasteiger partial charge is 0.307 e. The predicted molar refractivity (Wildman–Crippen MR) is 78.6 cm³/mol. The topological polar surface area (TPSA) is 55.2 Å². The van der Waals surface area contributed by atoms with E-state index in [1.165, 1.54) is 25.7 Å². The lowest BCUT2D eigenvalue weighted by Crippen LogP contribution is -2.35. The number of nitro groups is 1. The first-order valence-corrected chi connectivity index (χ1v) is 7.55. The van der Waals surface area contributed by atoms with Gasteiger partial charge >= 0.3 is 0 Å². The fourth-order valence-electron chi connectivity index (χ4n) is 3.96. The van der Waals surface area contributed by atoms with Crippen LogP contribution in [0, 0.1) is 28.9 Å². The standard InChI is InChI=1S/C16H22N2O2/c1-10-3-5-13(9-16(10)18(19)20)11(2)17-15-8-12-4-6-14(15)7-12/h3,5,9,11-12,14-15,17H,4,6-8H2,1-2H3. The van der Waals surface area contributed by atoms with E-state index in [9.17, 15) is 10.1 Å². The molecule has 4 heteroatoms. The molecule has 0 amide bonds. The van der Waals surface area contributed by atoms with Gasteiger partial charge in [-0.3, -0.25) is 10.1 Å². The molecule has 2 bridgehead atoms. The molecule has 4 nitrogen and oxygen atoms in total. The Morgan fingerprint density at radius 1 is 1.35 bits per heavy atom. The molecule has 4 unspecified atom stereocenters. The van der Waals surface area contributed by atoms with E-state index < -0.39 is 0 Å². The van der Waals surface area contributed by atoms with Crippen LogP contribution in [0.5, 0.6) is 0 Å². The molecule has 0 saturated heterocycles. The Bertz CT molecular complexity index is 529. The average Bonchev–Trinajstić information content (AvgIpc) is 3.01. The number of hydrogen-bond donors (Lipinski definition) is 1. The van der Waals surface area contributed by atoms with Gasteiger partial charge in [-0.1, -0.05) is 18.6 Å². The average molecular weight is 274 g/mol. The van der Waals surface area contributed by atoms with Crippen LogP contribution in [0.15, 0.2) is 18.2 Å². The second kappa shape index (κ2) is 5.17. The van der Waals surface area contributed by atoms with Crippen molar-refractivity contribution in [3.63, 3.8) is 0 Å². The molecule has 0 spiro atoms. The van der Waals surface area contributed by atoms with E-state index in [-0.39, 0.29) is 16.7 Å². The van der Waals surface area contributed by atoms with Crippen molar-refractivity contribution in [3.8, 4) is 0 Å². The molecule has 2 aliphatic carbocycles. The van der Waals surface area contributed by atoms with Crippen molar-refractivity contribution in [1.29, 1.82) is 0 Å². The highest BCUT2D eigenvalue weighted by molar-refractivity contribution is 5.43. The van der Waals surface area contributed by atoms with Crippen LogP contribution in [0.2, 0.25) is 0 Å². The third-order valence-electron chi connectivity index (χ3n) is 5.13. The minimum Gasteiger partial charge on any atom is -0.307 e. The predicted octanol–water partition coefficient (Wildman–Crippen LogP) is 3.74. The summed E-state index contributed by atoms with van der Waals surface area (Å²) in [6, 6.07) is 6.36. The van der Waals surface area contributed by atoms with Gasteiger partial charge in [0.05, 0.1) is 4.92 Å². The van der Waals surface area contributed by atoms with E-state index in [1.807, 2.05) is 12.1 Å². The second-order valence-electron chi connectivity index (χ2n) is 6.47. The van der Waals surface area contributed by atoms with Crippen LogP contribution in [-0.2, 0) is 0 Å². The molecule has 20 heavy (non-hydrogen) atoms. The van der Waals surface area contributed by atoms with Crippen molar-refractivity contribution in [2.24, 2.45) is 11.8 Å². The number of aryl methyl sites for hydroxylation is 1. The molecule has 0 aromatic heterocycles. The van der Waals surface area contributed by atoms with Crippen LogP contribution in [0.1, 0.15) is 49.8 Å². The summed E-state index contributed by atoms with van der Waals surface area (Å²) in [7, 11) is 0. The molecule has 0 radical (unpaired) electrons. The highest BCUT2D eigenvalue weighted by Crippen LogP contribution is 2.45. The lowest BCUT2D eigenvalue weighted by atomic mass is 9.94. The van der Waals surface area contributed by atoms with Crippen molar-refractivity contribution < 1.29 is 4.92 Å². The number of fused-ring (bicyclic) bond motifs is 2. The first kappa shape index (κ1) is 13.6. The fraction of sp³-hybridized carbons (Fsp3) is 0.625. The summed E-state index contributed by atoms with van der Waals surface area (Å²) < 4.78 is 0. The first-order chi connectivity index (χ1) is 9.54. The molecule has 1 aromatic carbocycles. The normalized spacial score (nSPS) is 29.6. The Morgan fingerprint density at radius 3 is 2.75 bits per heavy atom. The molecule has 0 aliphatic heterocycles. The van der Waals surface area contributed by atoms with E-state index in [2.05, 4.69) is 12.2 Å². The monoisotopic (exact) mass is 274 g/mol. The number of nitro benzene ring substituents is 1. The lowest BCUT2D eigenvalue weighted by Gasteiger charge is -2.27. The first-order valence-electron chi connectivity index (χ1n) is 7.55. The Kier molecular flexibility index (Phi) is 3.50. The summed E-state index contributed by atoms with van der Waals surface area (Å²) in [5.74, 6) is 1.74. The molecule has 0 heterocycles. The summed E-state index contributed by atoms with van der Waals surface area (Å²) in [5, 5.41) is 14.7. The van der Waals surface area contributed by atoms with Gasteiger partial charge in [0.1, 0.15) is 0 Å². The van der Waals surface area contributed by atoms with Gasteiger partial charge in [-0.15, -0.1) is 0 Å². The van der Waals surface area contributed by atoms with Gasteiger partial charge in [0.25, 0.3) is 5.69 Å². The van der Waals surface area contributed by atoms with Crippen molar-refractivity contribution in [2.45, 2.75) is 51.6 Å². The number of hydrogen-bond acceptors (Lipinski definition) is 3. The summed E-state index contributed by atoms with van der Waals surface area (Å²) in [4.78, 5) is 10.7. The number of rotatable bonds is 4. The summed E-state index contributed by atoms with van der Waals surface area (Å²) in [5.41, 5.74) is 1.97. The Morgan fingerprint density at radius 2 is 2.15 bits per heavy atom. The van der Waals surface area contributed by atoms with Crippen LogP contribution in [-0.4, -0.2) is 11.0 Å². The zero-order valence-electron chi connectivity index (χ0n) is 12.1. The molecule has 3 rings (SSSR count). The van der Waals surface area contributed by atoms with Gasteiger partial charge in [0, 0.05) is 23.7 Å². The van der Waals surface area contributed by atoms with Crippen LogP contribution in [0.25, 0.3) is 0 Å². The minimum atomic E-state index is -0.289. The van der Waals surface area contributed by atoms with Crippen LogP contribution in [0.4, 0.5) is 5.69 Å². The van der Waals surface area contributed by atoms with Crippen LogP contribution >= 0.6 is 0 Å². The SMILES string of the molecule is Cc1ccc(C(C)NC2CC3CCC2C3)cc1[N+](=O)[O-]. The van der Waals surface area contributed by atoms with E-state index >= 15 is 0 Å². The Balaban J connectivity index is 1.72. The highest BCUT2D eigenvalue weighted by atomic mass is 16.6. The maximum atomic E-state index is 11.0. The quantitative estimate of drug-likeness (QED) is 0.672. The van der Waals surface area contributed by atoms with Gasteiger partial charge in [-0.05, 0) is 50.5 Å². The molecule has 2 fully saturated rings. The molecular formula is C16H22N2O2. The maximum Gasteiger partial charge on any atom is 0.272 e. The van der Waals surface area contributed by atoms with Crippen LogP contribution in [0.3, 0.4) is 0 Å². The third kappa shape index (κ3) is 2.44. The van der Waals surface area contributed by atoms with E-state index in [4.69, 9.17) is 0 Å². The maximum absolute atomic E-state index is 11.0. The summed E-state index contributed by atoms with van der Waals surface area (Å²) >= 11 is 0. The zero-order chi connectivity index (χ0) is 14.3. The molecule has 4 atom stereocenters. The van der Waals surface area contributed by atoms with Gasteiger partial charge in [0.15, 0.2) is 0 Å². The van der Waals surface area contributed by atoms with Crippen molar-refractivity contribution in [1.82, 2.24) is 5.32 Å². The molecular weight excluding hydrogens is 252 g/mol.